The van der Waals surface area contributed by atoms with Gasteiger partial charge < -0.3 is 15.0 Å². The van der Waals surface area contributed by atoms with Crippen LogP contribution in [0.15, 0.2) is 12.3 Å². The summed E-state index contributed by atoms with van der Waals surface area (Å²) in [5.74, 6) is 1.48. The van der Waals surface area contributed by atoms with Crippen molar-refractivity contribution in [1.29, 1.82) is 0 Å². The van der Waals surface area contributed by atoms with E-state index < -0.39 is 5.60 Å². The van der Waals surface area contributed by atoms with E-state index in [1.54, 1.807) is 4.68 Å². The van der Waals surface area contributed by atoms with Gasteiger partial charge in [0.1, 0.15) is 11.4 Å². The Hall–Kier alpha value is -1.72. The first-order chi connectivity index (χ1) is 9.83. The SMILES string of the molecule is Cn1ccc(NCC2CCN(C(=O)OC(C)(C)C)CC2)n1. The molecule has 0 aliphatic carbocycles. The summed E-state index contributed by atoms with van der Waals surface area (Å²) >= 11 is 0. The molecule has 1 aliphatic heterocycles. The summed E-state index contributed by atoms with van der Waals surface area (Å²) in [7, 11) is 1.91. The number of likely N-dealkylation sites (tertiary alicyclic amines) is 1. The number of carbonyl (C=O) groups is 1. The third kappa shape index (κ3) is 4.95. The van der Waals surface area contributed by atoms with Crippen LogP contribution in [-0.4, -0.2) is 46.0 Å². The second-order valence-electron chi connectivity index (χ2n) is 6.67. The highest BCUT2D eigenvalue weighted by atomic mass is 16.6. The molecule has 0 saturated carbocycles. The van der Waals surface area contributed by atoms with E-state index in [1.165, 1.54) is 0 Å². The summed E-state index contributed by atoms with van der Waals surface area (Å²) < 4.78 is 7.19. The van der Waals surface area contributed by atoms with Gasteiger partial charge in [-0.05, 0) is 39.5 Å². The lowest BCUT2D eigenvalue weighted by atomic mass is 9.97. The van der Waals surface area contributed by atoms with E-state index >= 15 is 0 Å². The first-order valence-electron chi connectivity index (χ1n) is 7.55. The van der Waals surface area contributed by atoms with Crippen molar-refractivity contribution in [3.63, 3.8) is 0 Å². The Kier molecular flexibility index (Phi) is 4.75. The number of nitrogens with zero attached hydrogens (tertiary/aromatic N) is 3. The molecule has 1 N–H and O–H groups in total. The van der Waals surface area contributed by atoms with Crippen molar-refractivity contribution in [2.24, 2.45) is 13.0 Å². The van der Waals surface area contributed by atoms with E-state index in [-0.39, 0.29) is 6.09 Å². The van der Waals surface area contributed by atoms with E-state index in [4.69, 9.17) is 4.74 Å². The normalized spacial score (nSPS) is 16.9. The first kappa shape index (κ1) is 15.7. The molecule has 6 nitrogen and oxygen atoms in total. The third-order valence-electron chi connectivity index (χ3n) is 3.55. The van der Waals surface area contributed by atoms with Crippen LogP contribution >= 0.6 is 0 Å². The molecule has 0 aromatic carbocycles. The summed E-state index contributed by atoms with van der Waals surface area (Å²) in [5, 5.41) is 7.65. The number of aromatic nitrogens is 2. The minimum absolute atomic E-state index is 0.196. The zero-order valence-electron chi connectivity index (χ0n) is 13.4. The van der Waals surface area contributed by atoms with Gasteiger partial charge in [0.25, 0.3) is 0 Å². The Labute approximate surface area is 126 Å². The molecule has 0 unspecified atom stereocenters. The fraction of sp³-hybridized carbons (Fsp3) is 0.733. The number of aryl methyl sites for hydroxylation is 1. The number of hydrogen-bond donors (Lipinski definition) is 1. The van der Waals surface area contributed by atoms with Crippen LogP contribution in [0.25, 0.3) is 0 Å². The van der Waals surface area contributed by atoms with Crippen molar-refractivity contribution in [3.8, 4) is 0 Å². The molecule has 1 fully saturated rings. The Balaban J connectivity index is 1.72. The van der Waals surface area contributed by atoms with Crippen LogP contribution in [0.3, 0.4) is 0 Å². The molecular formula is C15H26N4O2. The maximum Gasteiger partial charge on any atom is 0.410 e. The zero-order chi connectivity index (χ0) is 15.5. The number of carbonyl (C=O) groups excluding carboxylic acids is 1. The number of nitrogens with one attached hydrogen (secondary N) is 1. The molecule has 2 rings (SSSR count). The fourth-order valence-corrected chi connectivity index (χ4v) is 2.40. The van der Waals surface area contributed by atoms with Crippen LogP contribution < -0.4 is 5.32 Å². The van der Waals surface area contributed by atoms with Gasteiger partial charge in [0, 0.05) is 38.9 Å². The lowest BCUT2D eigenvalue weighted by Gasteiger charge is -2.33. The number of rotatable bonds is 3. The fourth-order valence-electron chi connectivity index (χ4n) is 2.40. The number of ether oxygens (including phenoxy) is 1. The molecule has 1 aromatic rings. The Morgan fingerprint density at radius 3 is 2.62 bits per heavy atom. The lowest BCUT2D eigenvalue weighted by Crippen LogP contribution is -2.42. The Bertz CT molecular complexity index is 470. The molecule has 6 heteroatoms. The molecule has 1 aliphatic rings. The molecule has 0 atom stereocenters. The first-order valence-corrected chi connectivity index (χ1v) is 7.55. The number of anilines is 1. The summed E-state index contributed by atoms with van der Waals surface area (Å²) in [6.07, 6.45) is 3.73. The molecular weight excluding hydrogens is 268 g/mol. The zero-order valence-corrected chi connectivity index (χ0v) is 13.4. The van der Waals surface area contributed by atoms with E-state index in [2.05, 4.69) is 10.4 Å². The monoisotopic (exact) mass is 294 g/mol. The quantitative estimate of drug-likeness (QED) is 0.930. The van der Waals surface area contributed by atoms with Crippen LogP contribution in [0.5, 0.6) is 0 Å². The van der Waals surface area contributed by atoms with Gasteiger partial charge in [-0.25, -0.2) is 4.79 Å². The van der Waals surface area contributed by atoms with Gasteiger partial charge in [-0.1, -0.05) is 0 Å². The van der Waals surface area contributed by atoms with Crippen LogP contribution in [0.2, 0.25) is 0 Å². The van der Waals surface area contributed by atoms with E-state index in [0.717, 1.165) is 38.3 Å². The van der Waals surface area contributed by atoms with Crippen molar-refractivity contribution < 1.29 is 9.53 Å². The molecule has 0 spiro atoms. The van der Waals surface area contributed by atoms with Crippen molar-refractivity contribution >= 4 is 11.9 Å². The van der Waals surface area contributed by atoms with E-state index in [0.29, 0.717) is 5.92 Å². The van der Waals surface area contributed by atoms with Crippen LogP contribution in [-0.2, 0) is 11.8 Å². The van der Waals surface area contributed by atoms with Crippen molar-refractivity contribution in [2.75, 3.05) is 25.0 Å². The molecule has 1 aromatic heterocycles. The van der Waals surface area contributed by atoms with Gasteiger partial charge in [-0.2, -0.15) is 5.10 Å². The summed E-state index contributed by atoms with van der Waals surface area (Å²) in [4.78, 5) is 13.8. The maximum atomic E-state index is 12.0. The van der Waals surface area contributed by atoms with Gasteiger partial charge >= 0.3 is 6.09 Å². The Morgan fingerprint density at radius 2 is 2.10 bits per heavy atom. The number of amides is 1. The third-order valence-corrected chi connectivity index (χ3v) is 3.55. The highest BCUT2D eigenvalue weighted by molar-refractivity contribution is 5.68. The molecule has 1 saturated heterocycles. The highest BCUT2D eigenvalue weighted by Gasteiger charge is 2.26. The smallest absolute Gasteiger partial charge is 0.410 e. The molecule has 0 bridgehead atoms. The van der Waals surface area contributed by atoms with Crippen molar-refractivity contribution in [1.82, 2.24) is 14.7 Å². The van der Waals surface area contributed by atoms with Gasteiger partial charge in [0.05, 0.1) is 0 Å². The molecule has 2 heterocycles. The average molecular weight is 294 g/mol. The molecule has 118 valence electrons. The second-order valence-corrected chi connectivity index (χ2v) is 6.67. The molecule has 0 radical (unpaired) electrons. The van der Waals surface area contributed by atoms with Crippen molar-refractivity contribution in [3.05, 3.63) is 12.3 Å². The van der Waals surface area contributed by atoms with Crippen LogP contribution in [0.1, 0.15) is 33.6 Å². The number of hydrogen-bond acceptors (Lipinski definition) is 4. The Morgan fingerprint density at radius 1 is 1.43 bits per heavy atom. The summed E-state index contributed by atoms with van der Waals surface area (Å²) in [5.41, 5.74) is -0.422. The standard InChI is InChI=1S/C15H26N4O2/c1-15(2,3)21-14(20)19-9-5-12(6-10-19)11-16-13-7-8-18(4)17-13/h7-8,12H,5-6,9-11H2,1-4H3,(H,16,17). The van der Waals surface area contributed by atoms with Crippen molar-refractivity contribution in [2.45, 2.75) is 39.2 Å². The summed E-state index contributed by atoms with van der Waals surface area (Å²) in [6, 6.07) is 1.97. The number of piperidine rings is 1. The van der Waals surface area contributed by atoms with Gasteiger partial charge in [-0.3, -0.25) is 4.68 Å². The largest absolute Gasteiger partial charge is 0.444 e. The molecule has 21 heavy (non-hydrogen) atoms. The van der Waals surface area contributed by atoms with E-state index in [9.17, 15) is 4.79 Å². The second kappa shape index (κ2) is 6.37. The molecule has 1 amide bonds. The highest BCUT2D eigenvalue weighted by Crippen LogP contribution is 2.20. The van der Waals surface area contributed by atoms with Crippen LogP contribution in [0, 0.1) is 5.92 Å². The van der Waals surface area contributed by atoms with E-state index in [1.807, 2.05) is 45.0 Å². The van der Waals surface area contributed by atoms with Crippen LogP contribution in [0.4, 0.5) is 10.6 Å². The topological polar surface area (TPSA) is 59.4 Å². The maximum absolute atomic E-state index is 12.0. The van der Waals surface area contributed by atoms with Gasteiger partial charge in [0.15, 0.2) is 0 Å². The van der Waals surface area contributed by atoms with Gasteiger partial charge in [0.2, 0.25) is 0 Å². The lowest BCUT2D eigenvalue weighted by molar-refractivity contribution is 0.0188. The minimum Gasteiger partial charge on any atom is -0.444 e. The average Bonchev–Trinajstić information content (AvgIpc) is 2.81. The summed E-state index contributed by atoms with van der Waals surface area (Å²) in [6.45, 7) is 8.13. The predicted octanol–water partition coefficient (Wildman–Crippen LogP) is 2.48. The van der Waals surface area contributed by atoms with Gasteiger partial charge in [-0.15, -0.1) is 0 Å². The minimum atomic E-state index is -0.422. The predicted molar refractivity (Wildman–Crippen MR) is 82.2 cm³/mol.